The van der Waals surface area contributed by atoms with Gasteiger partial charge in [0.25, 0.3) is 0 Å². The van der Waals surface area contributed by atoms with Gasteiger partial charge < -0.3 is 14.9 Å². The third-order valence-corrected chi connectivity index (χ3v) is 6.26. The number of rotatable bonds is 12. The fourth-order valence-electron chi connectivity index (χ4n) is 4.39. The Labute approximate surface area is 221 Å². The van der Waals surface area contributed by atoms with Crippen LogP contribution in [0.1, 0.15) is 54.9 Å². The first-order valence-electron chi connectivity index (χ1n) is 12.6. The lowest BCUT2D eigenvalue weighted by Crippen LogP contribution is -2.00. The monoisotopic (exact) mass is 510 g/mol. The number of benzene rings is 3. The average Bonchev–Trinajstić information content (AvgIpc) is 3.39. The summed E-state index contributed by atoms with van der Waals surface area (Å²) in [5.41, 5.74) is 7.18. The van der Waals surface area contributed by atoms with Crippen LogP contribution in [0.2, 0.25) is 0 Å². The summed E-state index contributed by atoms with van der Waals surface area (Å²) in [5.74, 6) is -1.03. The van der Waals surface area contributed by atoms with E-state index in [1.807, 2.05) is 60.8 Å². The molecule has 0 atom stereocenters. The number of hydrogen-bond acceptors (Lipinski definition) is 4. The molecule has 0 saturated carbocycles. The van der Waals surface area contributed by atoms with Crippen molar-refractivity contribution in [3.8, 4) is 5.75 Å². The first-order chi connectivity index (χ1) is 18.4. The van der Waals surface area contributed by atoms with Gasteiger partial charge in [0, 0.05) is 17.9 Å². The molecule has 0 amide bonds. The van der Waals surface area contributed by atoms with Crippen LogP contribution in [-0.4, -0.2) is 39.0 Å². The molecule has 1 heterocycles. The number of H-pyrrole nitrogens is 1. The van der Waals surface area contributed by atoms with Gasteiger partial charge in [-0.25, -0.2) is 4.79 Å². The van der Waals surface area contributed by atoms with E-state index in [0.29, 0.717) is 19.4 Å². The van der Waals surface area contributed by atoms with Gasteiger partial charge in [0.05, 0.1) is 18.3 Å². The second-order valence-electron chi connectivity index (χ2n) is 8.90. The van der Waals surface area contributed by atoms with Crippen molar-refractivity contribution >= 4 is 40.1 Å². The Balaban J connectivity index is 1.68. The van der Waals surface area contributed by atoms with Crippen molar-refractivity contribution in [1.82, 2.24) is 10.2 Å². The number of allylic oxidation sites excluding steroid dienone is 1. The number of nitrogens with one attached hydrogen (secondary N) is 1. The molecular weight excluding hydrogens is 480 g/mol. The van der Waals surface area contributed by atoms with Gasteiger partial charge in [0.2, 0.25) is 0 Å². The molecule has 0 fully saturated rings. The molecule has 1 aromatic heterocycles. The fraction of sp³-hybridized carbons (Fsp3) is 0.194. The summed E-state index contributed by atoms with van der Waals surface area (Å²) in [6.07, 6.45) is 6.73. The van der Waals surface area contributed by atoms with Crippen molar-refractivity contribution in [2.75, 3.05) is 6.61 Å². The first kappa shape index (κ1) is 26.4. The minimum absolute atomic E-state index is 0.150. The number of aromatic nitrogens is 2. The number of unbranched alkanes of at least 4 members (excludes halogenated alkanes) is 1. The number of ether oxygens (including phenoxy) is 1. The molecule has 0 saturated heterocycles. The maximum absolute atomic E-state index is 10.9. The fourth-order valence-corrected chi connectivity index (χ4v) is 4.39. The van der Waals surface area contributed by atoms with Crippen LogP contribution < -0.4 is 4.74 Å². The molecule has 0 aliphatic rings. The van der Waals surface area contributed by atoms with Crippen molar-refractivity contribution in [3.63, 3.8) is 0 Å². The number of carboxylic acids is 2. The summed E-state index contributed by atoms with van der Waals surface area (Å²) in [6.45, 7) is 2.60. The van der Waals surface area contributed by atoms with Crippen molar-refractivity contribution in [1.29, 1.82) is 0 Å². The van der Waals surface area contributed by atoms with Gasteiger partial charge in [-0.2, -0.15) is 5.10 Å². The Morgan fingerprint density at radius 3 is 2.32 bits per heavy atom. The summed E-state index contributed by atoms with van der Waals surface area (Å²) in [7, 11) is 0. The Bertz CT molecular complexity index is 1460. The largest absolute Gasteiger partial charge is 0.494 e. The summed E-state index contributed by atoms with van der Waals surface area (Å²) in [6, 6.07) is 22.1. The lowest BCUT2D eigenvalue weighted by molar-refractivity contribution is -0.137. The van der Waals surface area contributed by atoms with E-state index in [4.69, 9.17) is 14.9 Å². The predicted octanol–water partition coefficient (Wildman–Crippen LogP) is 6.66. The molecule has 0 bridgehead atoms. The highest BCUT2D eigenvalue weighted by atomic mass is 16.5. The van der Waals surface area contributed by atoms with Crippen molar-refractivity contribution in [2.24, 2.45) is 0 Å². The Morgan fingerprint density at radius 2 is 1.63 bits per heavy atom. The maximum Gasteiger partial charge on any atom is 0.328 e. The molecule has 3 aromatic carbocycles. The number of hydrogen-bond donors (Lipinski definition) is 3. The van der Waals surface area contributed by atoms with E-state index in [1.54, 1.807) is 6.08 Å². The minimum Gasteiger partial charge on any atom is -0.494 e. The van der Waals surface area contributed by atoms with Gasteiger partial charge >= 0.3 is 11.9 Å². The topological polar surface area (TPSA) is 113 Å². The highest BCUT2D eigenvalue weighted by molar-refractivity contribution is 6.00. The number of aromatic amines is 1. The molecule has 0 radical (unpaired) electrons. The molecule has 0 unspecified atom stereocenters. The smallest absolute Gasteiger partial charge is 0.328 e. The lowest BCUT2D eigenvalue weighted by Gasteiger charge is -2.17. The van der Waals surface area contributed by atoms with Crippen LogP contribution in [0.15, 0.2) is 79.0 Å². The van der Waals surface area contributed by atoms with Gasteiger partial charge in [-0.05, 0) is 83.0 Å². The van der Waals surface area contributed by atoms with Gasteiger partial charge in [0.15, 0.2) is 0 Å². The molecule has 4 rings (SSSR count). The maximum atomic E-state index is 10.9. The number of carboxylic acid groups (broad SMARTS) is 2. The quantitative estimate of drug-likeness (QED) is 0.112. The van der Waals surface area contributed by atoms with Crippen LogP contribution in [-0.2, 0) is 9.59 Å². The van der Waals surface area contributed by atoms with E-state index in [-0.39, 0.29) is 6.42 Å². The lowest BCUT2D eigenvalue weighted by atomic mass is 9.87. The van der Waals surface area contributed by atoms with Gasteiger partial charge in [0.1, 0.15) is 5.75 Å². The average molecular weight is 511 g/mol. The minimum atomic E-state index is -0.982. The van der Waals surface area contributed by atoms with Crippen LogP contribution >= 0.6 is 0 Å². The number of aliphatic carboxylic acids is 2. The van der Waals surface area contributed by atoms with Crippen LogP contribution in [0.25, 0.3) is 28.1 Å². The van der Waals surface area contributed by atoms with Crippen molar-refractivity contribution < 1.29 is 24.5 Å². The molecule has 0 aliphatic heterocycles. The Kier molecular flexibility index (Phi) is 8.72. The highest BCUT2D eigenvalue weighted by Crippen LogP contribution is 2.36. The standard InChI is InChI=1S/C31H30N2O5/c1-2-27(22-11-14-26(15-12-22)38-18-4-3-5-29(34)35)31(24-13-16-28-25(19-24)20-32-33-28)23-9-6-21(7-10-23)8-17-30(36)37/h6-17,19-20H,2-5,18H2,1H3,(H,32,33)(H,34,35)(H,36,37). The van der Waals surface area contributed by atoms with Crippen LogP contribution in [0.4, 0.5) is 0 Å². The predicted molar refractivity (Wildman–Crippen MR) is 149 cm³/mol. The SMILES string of the molecule is CCC(=C(c1ccc(C=CC(=O)O)cc1)c1ccc2[nH]ncc2c1)c1ccc(OCCCCC(=O)O)cc1. The molecule has 38 heavy (non-hydrogen) atoms. The summed E-state index contributed by atoms with van der Waals surface area (Å²) in [5, 5.41) is 25.9. The molecule has 0 spiro atoms. The van der Waals surface area contributed by atoms with Crippen LogP contribution in [0, 0.1) is 0 Å². The van der Waals surface area contributed by atoms with Crippen molar-refractivity contribution in [3.05, 3.63) is 101 Å². The van der Waals surface area contributed by atoms with E-state index in [0.717, 1.165) is 62.5 Å². The second-order valence-corrected chi connectivity index (χ2v) is 8.90. The summed E-state index contributed by atoms with van der Waals surface area (Å²) in [4.78, 5) is 21.6. The third kappa shape index (κ3) is 6.76. The zero-order valence-electron chi connectivity index (χ0n) is 21.2. The molecule has 0 aliphatic carbocycles. The third-order valence-electron chi connectivity index (χ3n) is 6.26. The van der Waals surface area contributed by atoms with Gasteiger partial charge in [-0.3, -0.25) is 9.89 Å². The second kappa shape index (κ2) is 12.5. The van der Waals surface area contributed by atoms with E-state index in [1.165, 1.54) is 0 Å². The summed E-state index contributed by atoms with van der Waals surface area (Å²) < 4.78 is 5.81. The van der Waals surface area contributed by atoms with E-state index >= 15 is 0 Å². The number of fused-ring (bicyclic) bond motifs is 1. The molecule has 4 aromatic rings. The zero-order valence-corrected chi connectivity index (χ0v) is 21.2. The van der Waals surface area contributed by atoms with E-state index < -0.39 is 11.9 Å². The first-order valence-corrected chi connectivity index (χ1v) is 12.6. The number of nitrogens with zero attached hydrogens (tertiary/aromatic N) is 1. The van der Waals surface area contributed by atoms with Crippen LogP contribution in [0.5, 0.6) is 5.75 Å². The van der Waals surface area contributed by atoms with E-state index in [9.17, 15) is 9.59 Å². The molecule has 3 N–H and O–H groups in total. The molecular formula is C31H30N2O5. The Morgan fingerprint density at radius 1 is 0.921 bits per heavy atom. The summed E-state index contributed by atoms with van der Waals surface area (Å²) >= 11 is 0. The number of carbonyl (C=O) groups is 2. The van der Waals surface area contributed by atoms with Gasteiger partial charge in [-0.15, -0.1) is 0 Å². The molecule has 7 heteroatoms. The normalized spacial score (nSPS) is 12.0. The van der Waals surface area contributed by atoms with Crippen LogP contribution in [0.3, 0.4) is 0 Å². The molecule has 194 valence electrons. The highest BCUT2D eigenvalue weighted by Gasteiger charge is 2.14. The van der Waals surface area contributed by atoms with Crippen molar-refractivity contribution in [2.45, 2.75) is 32.6 Å². The molecule has 7 nitrogen and oxygen atoms in total. The van der Waals surface area contributed by atoms with Gasteiger partial charge in [-0.1, -0.05) is 49.4 Å². The van der Waals surface area contributed by atoms with E-state index in [2.05, 4.69) is 29.3 Å². The Hall–Kier alpha value is -4.65. The zero-order chi connectivity index (χ0) is 26.9.